The van der Waals surface area contributed by atoms with E-state index in [0.717, 1.165) is 65.7 Å². The first kappa shape index (κ1) is 45.3. The average molecular weight is 870 g/mol. The lowest BCUT2D eigenvalue weighted by Gasteiger charge is -2.43. The maximum atomic E-state index is 13.0. The molecule has 15 heteroatoms. The number of likely N-dealkylation sites (N-methyl/N-ethyl adjacent to an activating group) is 1. The summed E-state index contributed by atoms with van der Waals surface area (Å²) >= 11 is 13.6. The highest BCUT2D eigenvalue weighted by atomic mass is 35.5. The molecular formula is C45H54Cl2N2O11. The standard InChI is InChI=1S/C45H54Cl2N2O11/c1-27-42(57-29(3)51)43(58-30(4)52)40(26-55-28(2)50)60-44(27)54-21-20-49(5)41(53)13-9-6-10-31-22-38(47)32(23-37(31)46)25-56-45(17-18-45)36-24-48-19-16-34(36)35-11-7-8-12-39(35)59-33-14-15-33/h7-8,11-12,16,19,22-24,27,33,40,42-44H,6,9-10,13-15,17-18,20-21,25-26H2,1-5H3/t27-,40-,42-,43-,44?/m1/s1. The Labute approximate surface area is 361 Å². The van der Waals surface area contributed by atoms with Gasteiger partial charge in [-0.15, -0.1) is 0 Å². The maximum absolute atomic E-state index is 13.0. The van der Waals surface area contributed by atoms with Crippen LogP contribution >= 0.6 is 23.2 Å². The molecule has 3 aliphatic rings. The number of nitrogens with zero attached hydrogens (tertiary/aromatic N) is 2. The number of aromatic nitrogens is 1. The van der Waals surface area contributed by atoms with Crippen LogP contribution in [0.2, 0.25) is 10.0 Å². The second-order valence-electron chi connectivity index (χ2n) is 15.8. The Kier molecular flexibility index (Phi) is 15.5. The van der Waals surface area contributed by atoms with Crippen LogP contribution in [0, 0.1) is 5.92 Å². The van der Waals surface area contributed by atoms with Crippen molar-refractivity contribution in [3.63, 3.8) is 0 Å². The fourth-order valence-corrected chi connectivity index (χ4v) is 7.90. The molecule has 3 fully saturated rings. The topological polar surface area (TPSA) is 149 Å². The lowest BCUT2D eigenvalue weighted by atomic mass is 9.92. The third-order valence-corrected chi connectivity index (χ3v) is 11.7. The van der Waals surface area contributed by atoms with Crippen molar-refractivity contribution >= 4 is 47.0 Å². The van der Waals surface area contributed by atoms with E-state index in [-0.39, 0.29) is 31.8 Å². The lowest BCUT2D eigenvalue weighted by molar-refractivity contribution is -0.288. The molecule has 60 heavy (non-hydrogen) atoms. The Morgan fingerprint density at radius 3 is 2.30 bits per heavy atom. The predicted octanol–water partition coefficient (Wildman–Crippen LogP) is 7.78. The summed E-state index contributed by atoms with van der Waals surface area (Å²) in [5.41, 5.74) is 4.36. The van der Waals surface area contributed by atoms with Gasteiger partial charge in [-0.3, -0.25) is 24.2 Å². The van der Waals surface area contributed by atoms with Crippen LogP contribution in [0.1, 0.15) is 89.3 Å². The van der Waals surface area contributed by atoms with Gasteiger partial charge in [0, 0.05) is 80.3 Å². The summed E-state index contributed by atoms with van der Waals surface area (Å²) in [5.74, 6) is -1.48. The number of carbonyl (C=O) groups is 4. The van der Waals surface area contributed by atoms with Gasteiger partial charge in [-0.1, -0.05) is 48.3 Å². The number of benzene rings is 2. The van der Waals surface area contributed by atoms with Gasteiger partial charge in [0.25, 0.3) is 0 Å². The summed E-state index contributed by atoms with van der Waals surface area (Å²) in [7, 11) is 1.69. The van der Waals surface area contributed by atoms with E-state index in [0.29, 0.717) is 35.9 Å². The first-order chi connectivity index (χ1) is 28.7. The first-order valence-electron chi connectivity index (χ1n) is 20.5. The summed E-state index contributed by atoms with van der Waals surface area (Å²) in [6.45, 7) is 5.88. The third-order valence-electron chi connectivity index (χ3n) is 11.0. The molecule has 13 nitrogen and oxygen atoms in total. The highest BCUT2D eigenvalue weighted by Gasteiger charge is 2.49. The molecule has 2 saturated carbocycles. The molecule has 3 aromatic rings. The van der Waals surface area contributed by atoms with Gasteiger partial charge in [-0.2, -0.15) is 0 Å². The van der Waals surface area contributed by atoms with Crippen molar-refractivity contribution in [2.75, 3.05) is 26.8 Å². The molecule has 1 saturated heterocycles. The van der Waals surface area contributed by atoms with Crippen LogP contribution in [-0.2, 0) is 66.2 Å². The number of hydrogen-bond donors (Lipinski definition) is 0. The van der Waals surface area contributed by atoms with Crippen LogP contribution < -0.4 is 4.74 Å². The van der Waals surface area contributed by atoms with E-state index >= 15 is 0 Å². The number of esters is 3. The number of halogens is 2. The second kappa shape index (κ2) is 20.5. The normalized spacial score (nSPS) is 21.8. The summed E-state index contributed by atoms with van der Waals surface area (Å²) in [4.78, 5) is 54.4. The zero-order chi connectivity index (χ0) is 43.0. The Bertz CT molecular complexity index is 2010. The Morgan fingerprint density at radius 2 is 1.60 bits per heavy atom. The molecule has 6 rings (SSSR count). The van der Waals surface area contributed by atoms with Gasteiger partial charge in [-0.05, 0) is 85.9 Å². The number of hydrogen-bond acceptors (Lipinski definition) is 12. The molecule has 2 heterocycles. The van der Waals surface area contributed by atoms with Crippen molar-refractivity contribution < 1.29 is 52.3 Å². The van der Waals surface area contributed by atoms with E-state index in [1.165, 1.54) is 20.8 Å². The van der Waals surface area contributed by atoms with Gasteiger partial charge in [0.15, 0.2) is 12.4 Å². The molecule has 0 spiro atoms. The average Bonchev–Trinajstić information content (AvgIpc) is 4.16. The molecule has 1 aliphatic heterocycles. The minimum absolute atomic E-state index is 0.0574. The van der Waals surface area contributed by atoms with Gasteiger partial charge in [0.05, 0.1) is 24.9 Å². The predicted molar refractivity (Wildman–Crippen MR) is 222 cm³/mol. The SMILES string of the molecule is CC(=O)OC[C@H]1OC(OCCN(C)C(=O)CCCCc2cc(Cl)c(COC3(c4cnccc4-c4ccccc4OC4CC4)CC3)cc2Cl)[C@H](C)[C@@H](OC(C)=O)[C@@H]1OC(C)=O. The van der Waals surface area contributed by atoms with Crippen LogP contribution in [-0.4, -0.2) is 91.2 Å². The monoisotopic (exact) mass is 868 g/mol. The number of para-hydroxylation sites is 1. The number of aryl methyl sites for hydroxylation is 1. The van der Waals surface area contributed by atoms with E-state index < -0.39 is 54.0 Å². The highest BCUT2D eigenvalue weighted by Crippen LogP contribution is 2.53. The van der Waals surface area contributed by atoms with Gasteiger partial charge < -0.3 is 38.1 Å². The number of unbranched alkanes of at least 4 members (excludes halogenated alkanes) is 1. The zero-order valence-corrected chi connectivity index (χ0v) is 36.3. The molecule has 1 aromatic heterocycles. The number of carbonyl (C=O) groups excluding carboxylic acids is 4. The fourth-order valence-electron chi connectivity index (χ4n) is 7.38. The zero-order valence-electron chi connectivity index (χ0n) is 34.8. The molecule has 324 valence electrons. The van der Waals surface area contributed by atoms with Crippen LogP contribution in [0.15, 0.2) is 54.9 Å². The second-order valence-corrected chi connectivity index (χ2v) is 16.6. The molecule has 0 N–H and O–H groups in total. The molecule has 2 aromatic carbocycles. The van der Waals surface area contributed by atoms with E-state index in [1.54, 1.807) is 25.1 Å². The number of pyridine rings is 1. The summed E-state index contributed by atoms with van der Waals surface area (Å²) in [5, 5.41) is 1.17. The largest absolute Gasteiger partial charge is 0.490 e. The Balaban J connectivity index is 0.964. The van der Waals surface area contributed by atoms with Gasteiger partial charge in [0.2, 0.25) is 5.91 Å². The van der Waals surface area contributed by atoms with E-state index in [2.05, 4.69) is 11.1 Å². The lowest BCUT2D eigenvalue weighted by Crippen LogP contribution is -2.58. The van der Waals surface area contributed by atoms with E-state index in [9.17, 15) is 19.2 Å². The van der Waals surface area contributed by atoms with Gasteiger partial charge in [-0.25, -0.2) is 0 Å². The summed E-state index contributed by atoms with van der Waals surface area (Å²) in [6.07, 6.45) is 6.42. The Morgan fingerprint density at radius 1 is 0.900 bits per heavy atom. The van der Waals surface area contributed by atoms with Gasteiger partial charge in [0.1, 0.15) is 24.6 Å². The molecule has 1 amide bonds. The van der Waals surface area contributed by atoms with Crippen molar-refractivity contribution in [1.29, 1.82) is 0 Å². The van der Waals surface area contributed by atoms with Crippen molar-refractivity contribution in [1.82, 2.24) is 9.88 Å². The number of ether oxygens (including phenoxy) is 7. The maximum Gasteiger partial charge on any atom is 0.303 e. The quantitative estimate of drug-likeness (QED) is 0.0620. The molecule has 5 atom stereocenters. The molecular weight excluding hydrogens is 815 g/mol. The number of rotatable bonds is 20. The van der Waals surface area contributed by atoms with Crippen molar-refractivity contribution in [2.24, 2.45) is 5.92 Å². The van der Waals surface area contributed by atoms with E-state index in [1.807, 2.05) is 42.6 Å². The molecule has 0 radical (unpaired) electrons. The summed E-state index contributed by atoms with van der Waals surface area (Å²) < 4.78 is 41.0. The minimum atomic E-state index is -1.02. The number of amides is 1. The van der Waals surface area contributed by atoms with Crippen molar-refractivity contribution in [3.05, 3.63) is 81.6 Å². The van der Waals surface area contributed by atoms with Crippen LogP contribution in [0.5, 0.6) is 5.75 Å². The first-order valence-corrected chi connectivity index (χ1v) is 21.3. The molecule has 0 bridgehead atoms. The van der Waals surface area contributed by atoms with Crippen LogP contribution in [0.3, 0.4) is 0 Å². The fraction of sp³-hybridized carbons (Fsp3) is 0.533. The highest BCUT2D eigenvalue weighted by molar-refractivity contribution is 6.34. The minimum Gasteiger partial charge on any atom is -0.490 e. The molecule has 1 unspecified atom stereocenters. The van der Waals surface area contributed by atoms with E-state index in [4.69, 9.17) is 56.4 Å². The van der Waals surface area contributed by atoms with Crippen molar-refractivity contribution in [2.45, 2.75) is 122 Å². The van der Waals surface area contributed by atoms with Crippen LogP contribution in [0.4, 0.5) is 0 Å². The van der Waals surface area contributed by atoms with Crippen molar-refractivity contribution in [3.8, 4) is 16.9 Å². The van der Waals surface area contributed by atoms with Crippen LogP contribution in [0.25, 0.3) is 11.1 Å². The third kappa shape index (κ3) is 12.0. The smallest absolute Gasteiger partial charge is 0.303 e. The molecule has 2 aliphatic carbocycles. The Hall–Kier alpha value is -4.27. The van der Waals surface area contributed by atoms with Gasteiger partial charge >= 0.3 is 17.9 Å². The summed E-state index contributed by atoms with van der Waals surface area (Å²) in [6, 6.07) is 13.9.